The number of ether oxygens (including phenoxy) is 6. The molecule has 0 bridgehead atoms. The van der Waals surface area contributed by atoms with Gasteiger partial charge in [0.15, 0.2) is 18.9 Å². The zero-order valence-corrected chi connectivity index (χ0v) is 26.3. The fraction of sp³-hybridized carbons (Fsp3) is 0.966. The molecule has 0 aromatic heterocycles. The van der Waals surface area contributed by atoms with Gasteiger partial charge in [-0.05, 0) is 6.42 Å². The first-order chi connectivity index (χ1) is 22.0. The third-order valence-electron chi connectivity index (χ3n) is 8.54. The molecule has 3 saturated heterocycles. The first kappa shape index (κ1) is 39.3. The highest BCUT2D eigenvalue weighted by Gasteiger charge is 2.54. The number of aliphatic hydroxyl groups is 9. The lowest BCUT2D eigenvalue weighted by Crippen LogP contribution is -2.69. The summed E-state index contributed by atoms with van der Waals surface area (Å²) in [6, 6.07) is -1.43. The zero-order valence-electron chi connectivity index (χ0n) is 26.3. The average molecular weight is 672 g/mol. The molecule has 3 fully saturated rings. The Morgan fingerprint density at radius 3 is 1.76 bits per heavy atom. The Morgan fingerprint density at radius 1 is 0.609 bits per heavy atom. The summed E-state index contributed by atoms with van der Waals surface area (Å²) in [7, 11) is 0. The van der Waals surface area contributed by atoms with Gasteiger partial charge in [-0.25, -0.2) is 0 Å². The third-order valence-corrected chi connectivity index (χ3v) is 8.54. The van der Waals surface area contributed by atoms with Crippen LogP contribution in [0, 0.1) is 0 Å². The van der Waals surface area contributed by atoms with Crippen molar-refractivity contribution in [1.82, 2.24) is 5.32 Å². The number of carbonyl (C=O) groups is 1. The lowest BCUT2D eigenvalue weighted by atomic mass is 9.94. The second kappa shape index (κ2) is 19.2. The molecule has 0 saturated carbocycles. The normalized spacial score (nSPS) is 41.8. The van der Waals surface area contributed by atoms with Crippen LogP contribution in [0.25, 0.3) is 0 Å². The zero-order chi connectivity index (χ0) is 34.0. The van der Waals surface area contributed by atoms with Crippen molar-refractivity contribution in [1.29, 1.82) is 0 Å². The van der Waals surface area contributed by atoms with Gasteiger partial charge in [0, 0.05) is 13.0 Å². The van der Waals surface area contributed by atoms with Crippen LogP contribution in [-0.2, 0) is 33.2 Å². The molecule has 17 nitrogen and oxygen atoms in total. The number of carbonyl (C=O) groups excluding carboxylic acids is 1. The third kappa shape index (κ3) is 9.73. The lowest BCUT2D eigenvalue weighted by molar-refractivity contribution is -0.372. The SMILES string of the molecule is CCCCCCCCO[C@H]1O[C@H](CO)[C@@H](O)[C@H](O)[C@@H]1O[C@@H]1O[C@H](CO)[C@@H](O[C@@H]2O[C@H](CO)[C@H](O)[C@H](O)[C@H]2O)[C@H](O)[C@H]1NC(=O)CC. The molecule has 0 aromatic rings. The average Bonchev–Trinajstić information content (AvgIpc) is 3.05. The number of hydrogen-bond donors (Lipinski definition) is 10. The van der Waals surface area contributed by atoms with Crippen LogP contribution in [0.2, 0.25) is 0 Å². The Morgan fingerprint density at radius 2 is 1.15 bits per heavy atom. The number of amides is 1. The van der Waals surface area contributed by atoms with E-state index in [0.717, 1.165) is 32.1 Å². The molecule has 10 N–H and O–H groups in total. The molecule has 0 radical (unpaired) electrons. The van der Waals surface area contributed by atoms with Crippen molar-refractivity contribution in [2.45, 2.75) is 151 Å². The number of aliphatic hydroxyl groups excluding tert-OH is 9. The van der Waals surface area contributed by atoms with E-state index >= 15 is 0 Å². The monoisotopic (exact) mass is 671 g/mol. The molecule has 3 heterocycles. The van der Waals surface area contributed by atoms with Gasteiger partial charge < -0.3 is 79.7 Å². The summed E-state index contributed by atoms with van der Waals surface area (Å²) in [5, 5.41) is 95.7. The van der Waals surface area contributed by atoms with E-state index in [1.807, 2.05) is 0 Å². The molecule has 3 aliphatic heterocycles. The van der Waals surface area contributed by atoms with Crippen molar-refractivity contribution < 1.29 is 79.2 Å². The molecule has 3 rings (SSSR count). The number of unbranched alkanes of at least 4 members (excludes halogenated alkanes) is 5. The van der Waals surface area contributed by atoms with Crippen molar-refractivity contribution in [2.75, 3.05) is 26.4 Å². The van der Waals surface area contributed by atoms with E-state index in [-0.39, 0.29) is 13.0 Å². The molecule has 46 heavy (non-hydrogen) atoms. The molecular formula is C29H53NO16. The summed E-state index contributed by atoms with van der Waals surface area (Å²) < 4.78 is 34.6. The van der Waals surface area contributed by atoms with Crippen LogP contribution in [0.15, 0.2) is 0 Å². The van der Waals surface area contributed by atoms with Crippen molar-refractivity contribution >= 4 is 5.91 Å². The van der Waals surface area contributed by atoms with Gasteiger partial charge in [-0.3, -0.25) is 4.79 Å². The van der Waals surface area contributed by atoms with E-state index in [4.69, 9.17) is 28.4 Å². The predicted molar refractivity (Wildman–Crippen MR) is 155 cm³/mol. The highest BCUT2D eigenvalue weighted by Crippen LogP contribution is 2.33. The van der Waals surface area contributed by atoms with Crippen molar-refractivity contribution in [2.24, 2.45) is 0 Å². The Bertz CT molecular complexity index is 886. The van der Waals surface area contributed by atoms with Gasteiger partial charge in [-0.1, -0.05) is 46.0 Å². The van der Waals surface area contributed by atoms with Crippen molar-refractivity contribution in [3.63, 3.8) is 0 Å². The second-order valence-electron chi connectivity index (χ2n) is 11.9. The van der Waals surface area contributed by atoms with Gasteiger partial charge in [-0.2, -0.15) is 0 Å². The van der Waals surface area contributed by atoms with Crippen LogP contribution in [0.4, 0.5) is 0 Å². The first-order valence-corrected chi connectivity index (χ1v) is 16.1. The second-order valence-corrected chi connectivity index (χ2v) is 11.9. The smallest absolute Gasteiger partial charge is 0.220 e. The standard InChI is InChI=1S/C29H53NO16/c1-3-5-6-7-8-9-10-41-29-26(23(39)20(36)15(12-32)43-29)46-27-18(30-17(34)4-2)21(37)25(16(13-33)44-27)45-28-24(40)22(38)19(35)14(11-31)42-28/h14-16,18-29,31-33,35-40H,3-13H2,1-2H3,(H,30,34)/t14-,15-,16-,18-,19+,20-,21-,22+,23+,24-,25-,26+,27+,28+,29+/m1/s1. The molecular weight excluding hydrogens is 618 g/mol. The summed E-state index contributed by atoms with van der Waals surface area (Å²) in [5.74, 6) is -0.549. The topological polar surface area (TPSA) is 267 Å². The number of hydrogen-bond acceptors (Lipinski definition) is 16. The quantitative estimate of drug-likeness (QED) is 0.0668. The van der Waals surface area contributed by atoms with Crippen LogP contribution in [-0.4, -0.2) is 170 Å². The number of nitrogens with one attached hydrogen (secondary N) is 1. The molecule has 270 valence electrons. The molecule has 0 spiro atoms. The Hall–Kier alpha value is -1.13. The van der Waals surface area contributed by atoms with Crippen molar-refractivity contribution in [3.05, 3.63) is 0 Å². The summed E-state index contributed by atoms with van der Waals surface area (Å²) in [4.78, 5) is 12.5. The molecule has 0 aromatic carbocycles. The molecule has 0 unspecified atom stereocenters. The van der Waals surface area contributed by atoms with Crippen LogP contribution in [0.3, 0.4) is 0 Å². The molecule has 3 aliphatic rings. The minimum Gasteiger partial charge on any atom is -0.394 e. The van der Waals surface area contributed by atoms with Crippen LogP contribution in [0.5, 0.6) is 0 Å². The summed E-state index contributed by atoms with van der Waals surface area (Å²) in [5.41, 5.74) is 0. The van der Waals surface area contributed by atoms with E-state index in [9.17, 15) is 50.8 Å². The van der Waals surface area contributed by atoms with E-state index < -0.39 is 118 Å². The molecule has 0 aliphatic carbocycles. The minimum atomic E-state index is -1.83. The molecule has 15 atom stereocenters. The highest BCUT2D eigenvalue weighted by atomic mass is 16.8. The minimum absolute atomic E-state index is 0.0202. The van der Waals surface area contributed by atoms with Gasteiger partial charge in [0.2, 0.25) is 5.91 Å². The fourth-order valence-electron chi connectivity index (χ4n) is 5.70. The van der Waals surface area contributed by atoms with Gasteiger partial charge >= 0.3 is 0 Å². The first-order valence-electron chi connectivity index (χ1n) is 16.1. The van der Waals surface area contributed by atoms with E-state index in [1.54, 1.807) is 6.92 Å². The Balaban J connectivity index is 1.80. The predicted octanol–water partition coefficient (Wildman–Crippen LogP) is -3.65. The molecule has 17 heteroatoms. The lowest BCUT2D eigenvalue weighted by Gasteiger charge is -2.49. The summed E-state index contributed by atoms with van der Waals surface area (Å²) in [6.07, 6.45) is -15.9. The van der Waals surface area contributed by atoms with Crippen molar-refractivity contribution in [3.8, 4) is 0 Å². The summed E-state index contributed by atoms with van der Waals surface area (Å²) >= 11 is 0. The Labute approximate surface area is 267 Å². The maximum atomic E-state index is 12.5. The van der Waals surface area contributed by atoms with Crippen LogP contribution < -0.4 is 5.32 Å². The Kier molecular flexibility index (Phi) is 16.4. The largest absolute Gasteiger partial charge is 0.394 e. The highest BCUT2D eigenvalue weighted by molar-refractivity contribution is 5.76. The number of rotatable bonds is 17. The maximum Gasteiger partial charge on any atom is 0.220 e. The maximum absolute atomic E-state index is 12.5. The van der Waals surface area contributed by atoms with Crippen LogP contribution in [0.1, 0.15) is 58.8 Å². The fourth-order valence-corrected chi connectivity index (χ4v) is 5.70. The van der Waals surface area contributed by atoms with Gasteiger partial charge in [-0.15, -0.1) is 0 Å². The van der Waals surface area contributed by atoms with E-state index in [1.165, 1.54) is 0 Å². The van der Waals surface area contributed by atoms with Crippen LogP contribution >= 0.6 is 0 Å². The van der Waals surface area contributed by atoms with E-state index in [2.05, 4.69) is 12.2 Å². The van der Waals surface area contributed by atoms with E-state index in [0.29, 0.717) is 6.42 Å². The molecule has 1 amide bonds. The summed E-state index contributed by atoms with van der Waals surface area (Å²) in [6.45, 7) is 1.72. The van der Waals surface area contributed by atoms with Gasteiger partial charge in [0.25, 0.3) is 0 Å². The van der Waals surface area contributed by atoms with Gasteiger partial charge in [0.05, 0.1) is 19.8 Å². The van der Waals surface area contributed by atoms with Gasteiger partial charge in [0.1, 0.15) is 73.2 Å².